The van der Waals surface area contributed by atoms with Crippen LogP contribution < -0.4 is 5.32 Å². The summed E-state index contributed by atoms with van der Waals surface area (Å²) in [6.45, 7) is 13.3. The van der Waals surface area contributed by atoms with Gasteiger partial charge in [-0.1, -0.05) is 80.1 Å². The van der Waals surface area contributed by atoms with Crippen LogP contribution >= 0.6 is 0 Å². The van der Waals surface area contributed by atoms with E-state index in [2.05, 4.69) is 129 Å². The second-order valence-corrected chi connectivity index (χ2v) is 8.92. The molecule has 0 bridgehead atoms. The first kappa shape index (κ1) is 26.8. The molecule has 186 valence electrons. The number of nitrogens with zero attached hydrogens (tertiary/aromatic N) is 3. The zero-order valence-electron chi connectivity index (χ0n) is 22.5. The van der Waals surface area contributed by atoms with Crippen LogP contribution in [0.4, 0.5) is 11.5 Å². The summed E-state index contributed by atoms with van der Waals surface area (Å²) >= 11 is 0. The van der Waals surface area contributed by atoms with Gasteiger partial charge in [0.05, 0.1) is 11.4 Å². The fourth-order valence-corrected chi connectivity index (χ4v) is 4.04. The van der Waals surface area contributed by atoms with Crippen LogP contribution in [0.25, 0.3) is 16.8 Å². The normalized spacial score (nSPS) is 12.6. The molecule has 2 aromatic carbocycles. The van der Waals surface area contributed by atoms with E-state index in [4.69, 9.17) is 0 Å². The Morgan fingerprint density at radius 1 is 1.00 bits per heavy atom. The summed E-state index contributed by atoms with van der Waals surface area (Å²) in [6, 6.07) is 15.0. The second-order valence-electron chi connectivity index (χ2n) is 8.92. The van der Waals surface area contributed by atoms with Crippen LogP contribution in [0.5, 0.6) is 0 Å². The standard InChI is InChI=1S/C32H38N4/c1-7-10-23(4)19-28(11-8-2)27-16-13-26(14-17-27)21-34-32-25(6)31(35-22-36-32)29-15-12-24(5)30(20-29)33-18-9-3/h8,10-20,22H,7,9,21H2,1-6H3,(H,34,35,36)/b11-8-,23-10+,28-19+,33-18-. The number of nitrogens with one attached hydrogen (secondary N) is 1. The highest BCUT2D eigenvalue weighted by atomic mass is 15.0. The molecule has 1 N–H and O–H groups in total. The van der Waals surface area contributed by atoms with Crippen molar-refractivity contribution >= 4 is 23.3 Å². The first-order valence-corrected chi connectivity index (χ1v) is 12.8. The molecule has 36 heavy (non-hydrogen) atoms. The van der Waals surface area contributed by atoms with Gasteiger partial charge in [0, 0.05) is 23.9 Å². The van der Waals surface area contributed by atoms with Gasteiger partial charge in [0.25, 0.3) is 0 Å². The molecule has 0 saturated heterocycles. The van der Waals surface area contributed by atoms with E-state index in [-0.39, 0.29) is 0 Å². The van der Waals surface area contributed by atoms with Crippen molar-refractivity contribution in [1.29, 1.82) is 0 Å². The van der Waals surface area contributed by atoms with Gasteiger partial charge in [-0.2, -0.15) is 0 Å². The van der Waals surface area contributed by atoms with Crippen LogP contribution in [-0.2, 0) is 6.54 Å². The molecule has 3 rings (SSSR count). The first-order chi connectivity index (χ1) is 17.5. The van der Waals surface area contributed by atoms with Gasteiger partial charge >= 0.3 is 0 Å². The summed E-state index contributed by atoms with van der Waals surface area (Å²) in [7, 11) is 0. The van der Waals surface area contributed by atoms with Gasteiger partial charge in [-0.15, -0.1) is 0 Å². The molecule has 0 radical (unpaired) electrons. The van der Waals surface area contributed by atoms with Crippen molar-refractivity contribution < 1.29 is 0 Å². The van der Waals surface area contributed by atoms with E-state index in [0.717, 1.165) is 46.7 Å². The van der Waals surface area contributed by atoms with E-state index < -0.39 is 0 Å². The maximum atomic E-state index is 4.60. The first-order valence-electron chi connectivity index (χ1n) is 12.8. The predicted molar refractivity (Wildman–Crippen MR) is 156 cm³/mol. The van der Waals surface area contributed by atoms with Crippen molar-refractivity contribution in [1.82, 2.24) is 9.97 Å². The second kappa shape index (κ2) is 13.3. The molecule has 4 heteroatoms. The van der Waals surface area contributed by atoms with Crippen molar-refractivity contribution in [3.05, 3.63) is 101 Å². The Hall–Kier alpha value is -3.79. The lowest BCUT2D eigenvalue weighted by molar-refractivity contribution is 1.06. The van der Waals surface area contributed by atoms with Gasteiger partial charge in [0.15, 0.2) is 0 Å². The maximum absolute atomic E-state index is 4.60. The number of rotatable bonds is 10. The quantitative estimate of drug-likeness (QED) is 0.234. The molecule has 3 aromatic rings. The highest BCUT2D eigenvalue weighted by Gasteiger charge is 2.11. The van der Waals surface area contributed by atoms with E-state index >= 15 is 0 Å². The Morgan fingerprint density at radius 2 is 1.78 bits per heavy atom. The number of aromatic nitrogens is 2. The predicted octanol–water partition coefficient (Wildman–Crippen LogP) is 8.80. The maximum Gasteiger partial charge on any atom is 0.133 e. The summed E-state index contributed by atoms with van der Waals surface area (Å²) in [6.07, 6.45) is 14.3. The highest BCUT2D eigenvalue weighted by molar-refractivity contribution is 5.76. The van der Waals surface area contributed by atoms with E-state index in [0.29, 0.717) is 6.54 Å². The number of aryl methyl sites for hydroxylation is 1. The third kappa shape index (κ3) is 7.11. The molecule has 1 heterocycles. The van der Waals surface area contributed by atoms with Gasteiger partial charge in [0.1, 0.15) is 12.1 Å². The minimum atomic E-state index is 0.689. The lowest BCUT2D eigenvalue weighted by atomic mass is 10.0. The zero-order valence-corrected chi connectivity index (χ0v) is 22.5. The van der Waals surface area contributed by atoms with E-state index in [1.54, 1.807) is 6.33 Å². The third-order valence-corrected chi connectivity index (χ3v) is 5.98. The average Bonchev–Trinajstić information content (AvgIpc) is 2.88. The summed E-state index contributed by atoms with van der Waals surface area (Å²) in [5, 5.41) is 3.50. The number of allylic oxidation sites excluding steroid dienone is 6. The van der Waals surface area contributed by atoms with E-state index in [1.807, 2.05) is 6.21 Å². The number of aliphatic imine (C=N–C) groups is 1. The average molecular weight is 479 g/mol. The van der Waals surface area contributed by atoms with Crippen LogP contribution in [0.3, 0.4) is 0 Å². The highest BCUT2D eigenvalue weighted by Crippen LogP contribution is 2.30. The van der Waals surface area contributed by atoms with Gasteiger partial charge in [-0.05, 0) is 68.9 Å². The summed E-state index contributed by atoms with van der Waals surface area (Å²) in [4.78, 5) is 13.7. The van der Waals surface area contributed by atoms with E-state index in [1.165, 1.54) is 22.3 Å². The zero-order chi connectivity index (χ0) is 25.9. The van der Waals surface area contributed by atoms with Crippen molar-refractivity contribution in [3.8, 4) is 11.3 Å². The molecule has 0 aliphatic heterocycles. The molecule has 0 aliphatic rings. The molecule has 1 aromatic heterocycles. The van der Waals surface area contributed by atoms with Crippen LogP contribution in [0.15, 0.2) is 83.7 Å². The Kier molecular flexibility index (Phi) is 9.93. The van der Waals surface area contributed by atoms with Gasteiger partial charge < -0.3 is 5.32 Å². The number of hydrogen-bond donors (Lipinski definition) is 1. The largest absolute Gasteiger partial charge is 0.366 e. The van der Waals surface area contributed by atoms with Crippen LogP contribution in [0, 0.1) is 13.8 Å². The number of hydrogen-bond acceptors (Lipinski definition) is 4. The van der Waals surface area contributed by atoms with Gasteiger partial charge in [-0.25, -0.2) is 9.97 Å². The van der Waals surface area contributed by atoms with Gasteiger partial charge in [0.2, 0.25) is 0 Å². The smallest absolute Gasteiger partial charge is 0.133 e. The lowest BCUT2D eigenvalue weighted by Gasteiger charge is -2.13. The Labute approximate surface area is 216 Å². The van der Waals surface area contributed by atoms with Crippen molar-refractivity contribution in [3.63, 3.8) is 0 Å². The molecular weight excluding hydrogens is 440 g/mol. The molecule has 0 unspecified atom stereocenters. The lowest BCUT2D eigenvalue weighted by Crippen LogP contribution is -2.05. The molecule has 0 saturated carbocycles. The number of anilines is 1. The van der Waals surface area contributed by atoms with Crippen LogP contribution in [0.1, 0.15) is 62.8 Å². The monoisotopic (exact) mass is 478 g/mol. The number of benzene rings is 2. The fourth-order valence-electron chi connectivity index (χ4n) is 4.04. The van der Waals surface area contributed by atoms with E-state index in [9.17, 15) is 0 Å². The van der Waals surface area contributed by atoms with Gasteiger partial charge in [-0.3, -0.25) is 4.99 Å². The van der Waals surface area contributed by atoms with Crippen molar-refractivity contribution in [2.45, 2.75) is 60.9 Å². The molecule has 0 amide bonds. The molecule has 4 nitrogen and oxygen atoms in total. The van der Waals surface area contributed by atoms with Crippen molar-refractivity contribution in [2.75, 3.05) is 5.32 Å². The Bertz CT molecular complexity index is 1280. The van der Waals surface area contributed by atoms with Crippen molar-refractivity contribution in [2.24, 2.45) is 4.99 Å². The summed E-state index contributed by atoms with van der Waals surface area (Å²) in [5.41, 5.74) is 10.0. The third-order valence-electron chi connectivity index (χ3n) is 5.98. The molecule has 0 atom stereocenters. The minimum absolute atomic E-state index is 0.689. The molecule has 0 spiro atoms. The SMILES string of the molecule is C\C=C/C(=C\C(C)=C\CC)c1ccc(CNc2ncnc(-c3ccc(C)c(/N=C\CC)c3)c2C)cc1. The minimum Gasteiger partial charge on any atom is -0.366 e. The van der Waals surface area contributed by atoms with Crippen LogP contribution in [-0.4, -0.2) is 16.2 Å². The Morgan fingerprint density at radius 3 is 2.47 bits per heavy atom. The molecule has 0 aliphatic carbocycles. The molecular formula is C32H38N4. The van der Waals surface area contributed by atoms with Crippen LogP contribution in [0.2, 0.25) is 0 Å². The topological polar surface area (TPSA) is 50.2 Å². The summed E-state index contributed by atoms with van der Waals surface area (Å²) in [5.74, 6) is 0.845. The molecule has 0 fully saturated rings. The fraction of sp³-hybridized carbons (Fsp3) is 0.281. The Balaban J connectivity index is 1.78. The summed E-state index contributed by atoms with van der Waals surface area (Å²) < 4.78 is 0.